The second-order valence-corrected chi connectivity index (χ2v) is 13.9. The van der Waals surface area contributed by atoms with Gasteiger partial charge in [-0.1, -0.05) is 92.7 Å². The third kappa shape index (κ3) is 15.3. The van der Waals surface area contributed by atoms with E-state index in [0.29, 0.717) is 49.8 Å². The molecule has 0 aromatic heterocycles. The van der Waals surface area contributed by atoms with Crippen LogP contribution in [0.25, 0.3) is 11.1 Å². The average molecular weight is 802 g/mol. The lowest BCUT2D eigenvalue weighted by Gasteiger charge is -2.26. The minimum absolute atomic E-state index is 0.0722. The van der Waals surface area contributed by atoms with E-state index in [-0.39, 0.29) is 23.8 Å². The molecule has 0 spiro atoms. The lowest BCUT2D eigenvalue weighted by molar-refractivity contribution is -0.140. The maximum Gasteiger partial charge on any atom is 0.305 e. The van der Waals surface area contributed by atoms with Gasteiger partial charge >= 0.3 is 5.97 Å². The van der Waals surface area contributed by atoms with Gasteiger partial charge in [-0.25, -0.2) is 8.42 Å². The van der Waals surface area contributed by atoms with Gasteiger partial charge in [0.05, 0.1) is 30.8 Å². The van der Waals surface area contributed by atoms with E-state index >= 15 is 0 Å². The molecule has 0 bridgehead atoms. The van der Waals surface area contributed by atoms with E-state index in [0.717, 1.165) is 40.7 Å². The van der Waals surface area contributed by atoms with Crippen LogP contribution >= 0.6 is 0 Å². The Morgan fingerprint density at radius 1 is 0.719 bits per heavy atom. The van der Waals surface area contributed by atoms with Crippen molar-refractivity contribution in [2.24, 2.45) is 0 Å². The summed E-state index contributed by atoms with van der Waals surface area (Å²) in [7, 11) is 1.64. The predicted octanol–water partition coefficient (Wildman–Crippen LogP) is 9.05. The molecule has 308 valence electrons. The van der Waals surface area contributed by atoms with Gasteiger partial charge in [0.15, 0.2) is 0 Å². The zero-order chi connectivity index (χ0) is 42.1. The highest BCUT2D eigenvalue weighted by molar-refractivity contribution is 7.92. The van der Waals surface area contributed by atoms with Crippen molar-refractivity contribution in [3.63, 3.8) is 0 Å². The van der Waals surface area contributed by atoms with Gasteiger partial charge in [0.1, 0.15) is 24.7 Å². The maximum atomic E-state index is 14.4. The van der Waals surface area contributed by atoms with Crippen molar-refractivity contribution in [2.75, 3.05) is 52.6 Å². The molecule has 0 aliphatic rings. The number of aliphatic hydroxyl groups excluding tert-OH is 1. The molecule has 5 aromatic carbocycles. The SMILES string of the molecule is CC.CCOCCOc1ccc(-c2cc(CN(c3ccc(CCC(=O)OC)cc3)S(=O)(=O)c3ccccc3C)ccc2OCc2ccccc2)cc1.CO.COC. The number of esters is 1. The summed E-state index contributed by atoms with van der Waals surface area (Å²) >= 11 is 0. The molecule has 11 heteroatoms. The summed E-state index contributed by atoms with van der Waals surface area (Å²) < 4.78 is 56.7. The number of aliphatic hydroxyl groups is 1. The van der Waals surface area contributed by atoms with Crippen molar-refractivity contribution >= 4 is 21.7 Å². The zero-order valence-corrected chi connectivity index (χ0v) is 35.4. The summed E-state index contributed by atoms with van der Waals surface area (Å²) in [4.78, 5) is 11.9. The number of benzene rings is 5. The Bertz CT molecular complexity index is 1970. The number of aryl methyl sites for hydroxylation is 2. The Hall–Kier alpha value is -5.20. The molecule has 0 amide bonds. The van der Waals surface area contributed by atoms with Crippen LogP contribution in [-0.4, -0.2) is 67.8 Å². The fourth-order valence-corrected chi connectivity index (χ4v) is 7.16. The Labute approximate surface area is 340 Å². The monoisotopic (exact) mass is 801 g/mol. The lowest BCUT2D eigenvalue weighted by atomic mass is 10.0. The molecule has 10 nitrogen and oxygen atoms in total. The molecule has 5 rings (SSSR count). The van der Waals surface area contributed by atoms with Crippen molar-refractivity contribution in [3.05, 3.63) is 144 Å². The fraction of sp³-hybridized carbons (Fsp3) is 0.326. The summed E-state index contributed by atoms with van der Waals surface area (Å²) in [5, 5.41) is 7.00. The molecule has 0 heterocycles. The number of ether oxygens (including phenoxy) is 5. The van der Waals surface area contributed by atoms with Gasteiger partial charge in [-0.05, 0) is 90.6 Å². The topological polar surface area (TPSA) is 121 Å². The Kier molecular flexibility index (Phi) is 22.4. The number of methoxy groups -OCH3 is 2. The largest absolute Gasteiger partial charge is 0.491 e. The summed E-state index contributed by atoms with van der Waals surface area (Å²) in [5.41, 5.74) is 5.60. The van der Waals surface area contributed by atoms with Crippen LogP contribution in [0.2, 0.25) is 0 Å². The standard InChI is InChI=1S/C41H43NO7S.C2H6O.C2H6.CH4O/c1-4-47-26-27-48-37-22-18-35(19-23-37)38-28-34(16-24-39(38)49-30-33-11-6-5-7-12-33)29-42(50(44,45)40-13-9-8-10-31(40)2)36-20-14-32(15-21-36)17-25-41(43)46-3;1-3-2;2*1-2/h5-16,18-24,28H,4,17,25-27,29-30H2,1-3H3;1-2H3;1-2H3;2H,1H3. The molecule has 0 unspecified atom stereocenters. The predicted molar refractivity (Wildman–Crippen MR) is 228 cm³/mol. The van der Waals surface area contributed by atoms with E-state index in [1.54, 1.807) is 51.5 Å². The number of carbonyl (C=O) groups excluding carboxylic acids is 1. The van der Waals surface area contributed by atoms with Crippen LogP contribution in [0.4, 0.5) is 5.69 Å². The second-order valence-electron chi connectivity index (χ2n) is 12.1. The van der Waals surface area contributed by atoms with E-state index in [9.17, 15) is 13.2 Å². The van der Waals surface area contributed by atoms with Crippen molar-refractivity contribution in [2.45, 2.75) is 58.6 Å². The molecule has 0 radical (unpaired) electrons. The highest BCUT2D eigenvalue weighted by Crippen LogP contribution is 2.35. The van der Waals surface area contributed by atoms with Gasteiger partial charge in [0, 0.05) is 39.9 Å². The summed E-state index contributed by atoms with van der Waals surface area (Å²) in [6, 6.07) is 37.7. The number of anilines is 1. The first-order valence-electron chi connectivity index (χ1n) is 18.9. The first-order chi connectivity index (χ1) is 27.7. The summed E-state index contributed by atoms with van der Waals surface area (Å²) in [6.07, 6.45) is 0.727. The molecule has 57 heavy (non-hydrogen) atoms. The average Bonchev–Trinajstić information content (AvgIpc) is 3.25. The molecule has 0 fully saturated rings. The van der Waals surface area contributed by atoms with Gasteiger partial charge < -0.3 is 28.8 Å². The Morgan fingerprint density at radius 3 is 1.95 bits per heavy atom. The van der Waals surface area contributed by atoms with Crippen molar-refractivity contribution in [1.29, 1.82) is 0 Å². The van der Waals surface area contributed by atoms with Gasteiger partial charge in [-0.2, -0.15) is 0 Å². The summed E-state index contributed by atoms with van der Waals surface area (Å²) in [5.74, 6) is 1.10. The highest BCUT2D eigenvalue weighted by atomic mass is 32.2. The van der Waals surface area contributed by atoms with Crippen LogP contribution in [0.15, 0.2) is 126 Å². The molecule has 0 saturated heterocycles. The van der Waals surface area contributed by atoms with Crippen molar-refractivity contribution in [3.8, 4) is 22.6 Å². The summed E-state index contributed by atoms with van der Waals surface area (Å²) in [6.45, 7) is 9.79. The van der Waals surface area contributed by atoms with Gasteiger partial charge in [0.25, 0.3) is 10.0 Å². The normalized spacial score (nSPS) is 10.3. The quantitative estimate of drug-likeness (QED) is 0.0726. The van der Waals surface area contributed by atoms with Crippen LogP contribution < -0.4 is 13.8 Å². The third-order valence-electron chi connectivity index (χ3n) is 8.20. The van der Waals surface area contributed by atoms with Crippen molar-refractivity contribution < 1.29 is 42.0 Å². The first-order valence-corrected chi connectivity index (χ1v) is 20.3. The van der Waals surface area contributed by atoms with Gasteiger partial charge in [0.2, 0.25) is 0 Å². The number of hydrogen-bond donors (Lipinski definition) is 1. The number of hydrogen-bond acceptors (Lipinski definition) is 9. The highest BCUT2D eigenvalue weighted by Gasteiger charge is 2.27. The lowest BCUT2D eigenvalue weighted by Crippen LogP contribution is -2.31. The van der Waals surface area contributed by atoms with Crippen LogP contribution in [0.1, 0.15) is 49.4 Å². The van der Waals surface area contributed by atoms with Crippen LogP contribution in [-0.2, 0) is 48.6 Å². The first kappa shape index (κ1) is 48.0. The number of nitrogens with zero attached hydrogens (tertiary/aromatic N) is 1. The van der Waals surface area contributed by atoms with E-state index in [1.165, 1.54) is 11.4 Å². The van der Waals surface area contributed by atoms with Crippen LogP contribution in [0, 0.1) is 6.92 Å². The minimum atomic E-state index is -3.98. The number of carbonyl (C=O) groups is 1. The molecule has 0 saturated carbocycles. The smallest absolute Gasteiger partial charge is 0.305 e. The van der Waals surface area contributed by atoms with E-state index < -0.39 is 10.0 Å². The van der Waals surface area contributed by atoms with E-state index in [2.05, 4.69) is 4.74 Å². The molecular formula is C46H59NO9S. The molecule has 5 aromatic rings. The van der Waals surface area contributed by atoms with Gasteiger partial charge in [-0.15, -0.1) is 0 Å². The van der Waals surface area contributed by atoms with Gasteiger partial charge in [-0.3, -0.25) is 9.10 Å². The number of rotatable bonds is 17. The molecule has 0 atom stereocenters. The maximum absolute atomic E-state index is 14.4. The number of sulfonamides is 1. The zero-order valence-electron chi connectivity index (χ0n) is 34.6. The molecule has 0 aliphatic carbocycles. The minimum Gasteiger partial charge on any atom is -0.491 e. The Morgan fingerprint density at radius 2 is 1.33 bits per heavy atom. The van der Waals surface area contributed by atoms with Crippen LogP contribution in [0.5, 0.6) is 11.5 Å². The fourth-order valence-electron chi connectivity index (χ4n) is 5.48. The molecular weight excluding hydrogens is 743 g/mol. The molecule has 0 aliphatic heterocycles. The third-order valence-corrected chi connectivity index (χ3v) is 10.1. The Balaban J connectivity index is 0.00000151. The van der Waals surface area contributed by atoms with Crippen molar-refractivity contribution in [1.82, 2.24) is 0 Å². The van der Waals surface area contributed by atoms with Crippen LogP contribution in [0.3, 0.4) is 0 Å². The molecule has 1 N–H and O–H groups in total. The van der Waals surface area contributed by atoms with E-state index in [4.69, 9.17) is 24.1 Å². The second kappa shape index (κ2) is 26.6. The van der Waals surface area contributed by atoms with E-state index in [1.807, 2.05) is 112 Å².